The zero-order valence-corrected chi connectivity index (χ0v) is 16.3. The molecule has 1 rings (SSSR count). The number of likely N-dealkylation sites (N-methyl/N-ethyl adjacent to an activating group) is 1. The number of guanidine groups is 1. The fraction of sp³-hybridized carbons (Fsp3) is 0.944. The number of aliphatic imine (C=N–C) groups is 1. The maximum Gasteiger partial charge on any atom is 0.194 e. The van der Waals surface area contributed by atoms with Gasteiger partial charge < -0.3 is 20.1 Å². The fourth-order valence-corrected chi connectivity index (χ4v) is 3.08. The second-order valence-electron chi connectivity index (χ2n) is 6.89. The standard InChI is InChI=1S/C18H38N4O2/c1-6-19-18(20-11-17(23)14-24-13-15(4)5)22-10-9-16(12-22)21(7-2)8-3/h15-17,23H,6-14H2,1-5H3,(H,19,20). The highest BCUT2D eigenvalue weighted by molar-refractivity contribution is 5.80. The summed E-state index contributed by atoms with van der Waals surface area (Å²) in [5, 5.41) is 13.4. The van der Waals surface area contributed by atoms with Gasteiger partial charge in [-0.3, -0.25) is 9.89 Å². The molecule has 24 heavy (non-hydrogen) atoms. The first-order chi connectivity index (χ1) is 11.5. The van der Waals surface area contributed by atoms with E-state index in [-0.39, 0.29) is 0 Å². The smallest absolute Gasteiger partial charge is 0.194 e. The van der Waals surface area contributed by atoms with E-state index in [1.807, 2.05) is 0 Å². The summed E-state index contributed by atoms with van der Waals surface area (Å²) in [5.74, 6) is 1.40. The van der Waals surface area contributed by atoms with Crippen LogP contribution in [0.2, 0.25) is 0 Å². The third-order valence-corrected chi connectivity index (χ3v) is 4.34. The number of aliphatic hydroxyl groups is 1. The molecule has 1 aliphatic heterocycles. The van der Waals surface area contributed by atoms with Gasteiger partial charge in [0.2, 0.25) is 0 Å². The van der Waals surface area contributed by atoms with Crippen LogP contribution in [0, 0.1) is 5.92 Å². The second kappa shape index (κ2) is 11.7. The van der Waals surface area contributed by atoms with E-state index in [1.165, 1.54) is 6.42 Å². The summed E-state index contributed by atoms with van der Waals surface area (Å²) in [4.78, 5) is 9.45. The van der Waals surface area contributed by atoms with E-state index >= 15 is 0 Å². The summed E-state index contributed by atoms with van der Waals surface area (Å²) in [5.41, 5.74) is 0. The van der Waals surface area contributed by atoms with Crippen LogP contribution < -0.4 is 5.32 Å². The summed E-state index contributed by atoms with van der Waals surface area (Å²) < 4.78 is 5.49. The van der Waals surface area contributed by atoms with Crippen LogP contribution in [0.5, 0.6) is 0 Å². The lowest BCUT2D eigenvalue weighted by Crippen LogP contribution is -2.43. The maximum atomic E-state index is 10.1. The molecule has 1 fully saturated rings. The van der Waals surface area contributed by atoms with Crippen LogP contribution in [0.15, 0.2) is 4.99 Å². The van der Waals surface area contributed by atoms with E-state index < -0.39 is 6.10 Å². The van der Waals surface area contributed by atoms with E-state index in [9.17, 15) is 5.11 Å². The number of nitrogens with one attached hydrogen (secondary N) is 1. The first-order valence-corrected chi connectivity index (χ1v) is 9.54. The third-order valence-electron chi connectivity index (χ3n) is 4.34. The van der Waals surface area contributed by atoms with E-state index in [4.69, 9.17) is 4.74 Å². The van der Waals surface area contributed by atoms with Crippen molar-refractivity contribution in [2.75, 3.05) is 52.5 Å². The molecule has 2 N–H and O–H groups in total. The van der Waals surface area contributed by atoms with Crippen molar-refractivity contribution >= 4 is 5.96 Å². The quantitative estimate of drug-likeness (QED) is 0.464. The predicted octanol–water partition coefficient (Wildman–Crippen LogP) is 1.40. The number of likely N-dealkylation sites (tertiary alicyclic amines) is 1. The van der Waals surface area contributed by atoms with Gasteiger partial charge in [-0.15, -0.1) is 0 Å². The molecule has 0 spiro atoms. The van der Waals surface area contributed by atoms with Crippen LogP contribution in [0.3, 0.4) is 0 Å². The Balaban J connectivity index is 2.50. The molecule has 0 aromatic heterocycles. The van der Waals surface area contributed by atoms with Gasteiger partial charge in [-0.25, -0.2) is 0 Å². The molecule has 0 saturated carbocycles. The predicted molar refractivity (Wildman–Crippen MR) is 101 cm³/mol. The largest absolute Gasteiger partial charge is 0.389 e. The van der Waals surface area contributed by atoms with Gasteiger partial charge in [0.25, 0.3) is 0 Å². The monoisotopic (exact) mass is 342 g/mol. The van der Waals surface area contributed by atoms with Gasteiger partial charge in [0.15, 0.2) is 5.96 Å². The molecule has 2 atom stereocenters. The number of hydrogen-bond acceptors (Lipinski definition) is 4. The molecule has 0 radical (unpaired) electrons. The van der Waals surface area contributed by atoms with Gasteiger partial charge in [0.05, 0.1) is 19.3 Å². The van der Waals surface area contributed by atoms with Crippen molar-refractivity contribution in [3.8, 4) is 0 Å². The Labute approximate surface area is 148 Å². The van der Waals surface area contributed by atoms with Gasteiger partial charge >= 0.3 is 0 Å². The average Bonchev–Trinajstić information content (AvgIpc) is 3.02. The molecule has 0 aromatic carbocycles. The maximum absolute atomic E-state index is 10.1. The lowest BCUT2D eigenvalue weighted by atomic mass is 10.2. The lowest BCUT2D eigenvalue weighted by molar-refractivity contribution is 0.0300. The molecule has 6 nitrogen and oxygen atoms in total. The van der Waals surface area contributed by atoms with Crippen LogP contribution in [0.1, 0.15) is 41.0 Å². The van der Waals surface area contributed by atoms with Crippen molar-refractivity contribution in [1.82, 2.24) is 15.1 Å². The Morgan fingerprint density at radius 1 is 1.29 bits per heavy atom. The van der Waals surface area contributed by atoms with E-state index in [0.29, 0.717) is 31.7 Å². The van der Waals surface area contributed by atoms with Crippen LogP contribution in [-0.2, 0) is 4.74 Å². The minimum Gasteiger partial charge on any atom is -0.389 e. The molecule has 6 heteroatoms. The molecule has 0 bridgehead atoms. The summed E-state index contributed by atoms with van der Waals surface area (Å²) in [6.45, 7) is 17.2. The van der Waals surface area contributed by atoms with Gasteiger partial charge in [-0.1, -0.05) is 27.7 Å². The summed E-state index contributed by atoms with van der Waals surface area (Å²) >= 11 is 0. The molecular formula is C18H38N4O2. The SMILES string of the molecule is CCNC(=NCC(O)COCC(C)C)N1CCC(N(CC)CC)C1. The number of ether oxygens (including phenoxy) is 1. The highest BCUT2D eigenvalue weighted by Crippen LogP contribution is 2.15. The van der Waals surface area contributed by atoms with Gasteiger partial charge in [-0.05, 0) is 32.4 Å². The summed E-state index contributed by atoms with van der Waals surface area (Å²) in [6.07, 6.45) is 0.630. The number of hydrogen-bond donors (Lipinski definition) is 2. The zero-order chi connectivity index (χ0) is 17.9. The number of rotatable bonds is 10. The minimum absolute atomic E-state index is 0.350. The van der Waals surface area contributed by atoms with Crippen molar-refractivity contribution in [1.29, 1.82) is 0 Å². The van der Waals surface area contributed by atoms with Crippen molar-refractivity contribution in [2.45, 2.75) is 53.2 Å². The molecule has 2 unspecified atom stereocenters. The second-order valence-corrected chi connectivity index (χ2v) is 6.89. The normalized spacial score (nSPS) is 20.2. The molecular weight excluding hydrogens is 304 g/mol. The number of nitrogens with zero attached hydrogens (tertiary/aromatic N) is 3. The summed E-state index contributed by atoms with van der Waals surface area (Å²) in [7, 11) is 0. The average molecular weight is 343 g/mol. The topological polar surface area (TPSA) is 60.3 Å². The van der Waals surface area contributed by atoms with Crippen molar-refractivity contribution in [3.05, 3.63) is 0 Å². The van der Waals surface area contributed by atoms with E-state index in [0.717, 1.165) is 38.7 Å². The van der Waals surface area contributed by atoms with Crippen LogP contribution >= 0.6 is 0 Å². The minimum atomic E-state index is -0.543. The molecule has 0 amide bonds. The first kappa shape index (κ1) is 21.2. The molecule has 0 aromatic rings. The van der Waals surface area contributed by atoms with Crippen molar-refractivity contribution < 1.29 is 9.84 Å². The molecule has 0 aliphatic carbocycles. The van der Waals surface area contributed by atoms with Gasteiger partial charge in [0, 0.05) is 32.3 Å². The van der Waals surface area contributed by atoms with Crippen molar-refractivity contribution in [3.63, 3.8) is 0 Å². The third kappa shape index (κ3) is 7.36. The van der Waals surface area contributed by atoms with E-state index in [2.05, 4.69) is 54.7 Å². The highest BCUT2D eigenvalue weighted by atomic mass is 16.5. The van der Waals surface area contributed by atoms with Gasteiger partial charge in [0.1, 0.15) is 0 Å². The highest BCUT2D eigenvalue weighted by Gasteiger charge is 2.28. The van der Waals surface area contributed by atoms with Crippen LogP contribution in [0.25, 0.3) is 0 Å². The van der Waals surface area contributed by atoms with Crippen LogP contribution in [-0.4, -0.2) is 85.5 Å². The Bertz CT molecular complexity index is 359. The molecule has 1 heterocycles. The lowest BCUT2D eigenvalue weighted by Gasteiger charge is -2.27. The number of aliphatic hydroxyl groups excluding tert-OH is 1. The fourth-order valence-electron chi connectivity index (χ4n) is 3.08. The Morgan fingerprint density at radius 3 is 2.58 bits per heavy atom. The Hall–Kier alpha value is -0.850. The first-order valence-electron chi connectivity index (χ1n) is 9.54. The van der Waals surface area contributed by atoms with Gasteiger partial charge in [-0.2, -0.15) is 0 Å². The molecule has 1 aliphatic rings. The Kier molecular flexibility index (Phi) is 10.3. The van der Waals surface area contributed by atoms with Crippen molar-refractivity contribution in [2.24, 2.45) is 10.9 Å². The molecule has 1 saturated heterocycles. The Morgan fingerprint density at radius 2 is 2.00 bits per heavy atom. The summed E-state index contributed by atoms with van der Waals surface area (Å²) in [6, 6.07) is 0.600. The van der Waals surface area contributed by atoms with Crippen LogP contribution in [0.4, 0.5) is 0 Å². The zero-order valence-electron chi connectivity index (χ0n) is 16.3. The van der Waals surface area contributed by atoms with E-state index in [1.54, 1.807) is 0 Å². The molecule has 142 valence electrons.